The van der Waals surface area contributed by atoms with Gasteiger partial charge in [-0.3, -0.25) is 14.4 Å². The van der Waals surface area contributed by atoms with E-state index in [-0.39, 0.29) is 53.2 Å². The summed E-state index contributed by atoms with van der Waals surface area (Å²) in [7, 11) is -0.394. The van der Waals surface area contributed by atoms with Crippen molar-refractivity contribution < 1.29 is 23.7 Å². The lowest BCUT2D eigenvalue weighted by Crippen LogP contribution is -2.65. The number of nitrogens with one attached hydrogen (secondary N) is 4. The maximum atomic E-state index is 13.1. The lowest BCUT2D eigenvalue weighted by Gasteiger charge is -2.64. The van der Waals surface area contributed by atoms with Crippen LogP contribution in [0.1, 0.15) is 78.6 Å². The molecule has 5 atom stereocenters. The van der Waals surface area contributed by atoms with E-state index in [0.29, 0.717) is 57.3 Å². The molecule has 5 fully saturated rings. The van der Waals surface area contributed by atoms with Gasteiger partial charge < -0.3 is 46.9 Å². The van der Waals surface area contributed by atoms with Gasteiger partial charge in [0.25, 0.3) is 0 Å². The van der Waals surface area contributed by atoms with Crippen molar-refractivity contribution in [3.05, 3.63) is 0 Å². The number of amides is 3. The summed E-state index contributed by atoms with van der Waals surface area (Å²) in [5.41, 5.74) is 11.1. The maximum Gasteiger partial charge on any atom is 0.481 e. The molecule has 0 spiro atoms. The minimum Gasteiger partial charge on any atom is -0.404 e. The van der Waals surface area contributed by atoms with E-state index in [1.54, 1.807) is 0 Å². The van der Waals surface area contributed by atoms with E-state index in [9.17, 15) is 14.4 Å². The number of carbonyl (C=O) groups is 3. The predicted octanol–water partition coefficient (Wildman–Crippen LogP) is 0.141. The van der Waals surface area contributed by atoms with Crippen LogP contribution < -0.4 is 32.7 Å². The van der Waals surface area contributed by atoms with Gasteiger partial charge in [-0.2, -0.15) is 0 Å². The first-order valence-corrected chi connectivity index (χ1v) is 17.1. The molecule has 2 heterocycles. The highest BCUT2D eigenvalue weighted by atomic mass is 16.7. The summed E-state index contributed by atoms with van der Waals surface area (Å²) in [4.78, 5) is 39.9. The van der Waals surface area contributed by atoms with Crippen molar-refractivity contribution in [1.82, 2.24) is 26.2 Å². The van der Waals surface area contributed by atoms with E-state index in [0.717, 1.165) is 58.3 Å². The number of hydrogen-bond acceptors (Lipinski definition) is 9. The van der Waals surface area contributed by atoms with Gasteiger partial charge in [0.2, 0.25) is 17.7 Å². The third kappa shape index (κ3) is 8.53. The summed E-state index contributed by atoms with van der Waals surface area (Å²) in [5.74, 6) is 1.07. The Morgan fingerprint density at radius 2 is 1.68 bits per heavy atom. The molecule has 0 aromatic heterocycles. The lowest BCUT2D eigenvalue weighted by molar-refractivity contribution is -0.199. The van der Waals surface area contributed by atoms with Crippen LogP contribution in [0.4, 0.5) is 0 Å². The Hall–Kier alpha value is -1.77. The lowest BCUT2D eigenvalue weighted by atomic mass is 9.43. The van der Waals surface area contributed by atoms with Crippen molar-refractivity contribution in [3.63, 3.8) is 0 Å². The number of nitrogens with zero attached hydrogens (tertiary/aromatic N) is 1. The van der Waals surface area contributed by atoms with Gasteiger partial charge in [-0.1, -0.05) is 20.3 Å². The zero-order valence-electron chi connectivity index (χ0n) is 27.3. The first-order chi connectivity index (χ1) is 21.1. The average molecular weight is 620 g/mol. The van der Waals surface area contributed by atoms with Crippen LogP contribution in [-0.2, 0) is 23.7 Å². The molecule has 5 aliphatic rings. The van der Waals surface area contributed by atoms with Gasteiger partial charge in [-0.25, -0.2) is 0 Å². The number of hydrogen-bond donors (Lipinski definition) is 6. The molecule has 3 saturated carbocycles. The molecular formula is C31H58BN7O5. The van der Waals surface area contributed by atoms with Gasteiger partial charge in [-0.15, -0.1) is 0 Å². The molecule has 13 heteroatoms. The highest BCUT2D eigenvalue weighted by Gasteiger charge is 2.69. The topological polar surface area (TPSA) is 173 Å². The second-order valence-electron chi connectivity index (χ2n) is 14.1. The summed E-state index contributed by atoms with van der Waals surface area (Å²) >= 11 is 0. The monoisotopic (exact) mass is 619 g/mol. The zero-order chi connectivity index (χ0) is 31.7. The SMILES string of the molecule is CC1(C)C2CC3OB(C4CCCN4C(=O)CNC(=O)CCCCCNC(=O)CC(CNCCN)CNCCN)OC3(C)C1C2. The Kier molecular flexibility index (Phi) is 12.9. The largest absolute Gasteiger partial charge is 0.481 e. The standard InChI is InChI=1S/C31H58BN7O5/c1-30(2)23-17-24(30)31(3)25(18-23)43-32(44-31)26-8-7-15-39(26)29(42)21-38-27(40)9-5-4-6-12-37-28(41)16-22(19-35-13-10-33)20-36-14-11-34/h22-26,35-36H,4-21,33-34H2,1-3H3,(H,37,41)(H,38,40). The van der Waals surface area contributed by atoms with Crippen molar-refractivity contribution in [1.29, 1.82) is 0 Å². The smallest absolute Gasteiger partial charge is 0.404 e. The maximum absolute atomic E-state index is 13.1. The highest BCUT2D eigenvalue weighted by molar-refractivity contribution is 6.48. The van der Waals surface area contributed by atoms with Gasteiger partial charge in [0.05, 0.1) is 24.2 Å². The molecule has 0 aromatic rings. The van der Waals surface area contributed by atoms with Crippen LogP contribution >= 0.6 is 0 Å². The van der Waals surface area contributed by atoms with Gasteiger partial charge >= 0.3 is 7.12 Å². The summed E-state index contributed by atoms with van der Waals surface area (Å²) < 4.78 is 13.1. The van der Waals surface area contributed by atoms with Crippen LogP contribution in [0.15, 0.2) is 0 Å². The summed E-state index contributed by atoms with van der Waals surface area (Å²) in [6.45, 7) is 12.2. The fraction of sp³-hybridized carbons (Fsp3) is 0.903. The number of nitrogens with two attached hydrogens (primary N) is 2. The minimum atomic E-state index is -0.394. The normalized spacial score (nSPS) is 28.6. The highest BCUT2D eigenvalue weighted by Crippen LogP contribution is 2.65. The predicted molar refractivity (Wildman–Crippen MR) is 171 cm³/mol. The number of likely N-dealkylation sites (tertiary alicyclic amines) is 1. The first-order valence-electron chi connectivity index (χ1n) is 17.1. The van der Waals surface area contributed by atoms with Crippen molar-refractivity contribution in [2.75, 3.05) is 58.9 Å². The Labute approximate surface area is 264 Å². The van der Waals surface area contributed by atoms with Crippen LogP contribution in [0.25, 0.3) is 0 Å². The molecule has 250 valence electrons. The minimum absolute atomic E-state index is 0.00201. The van der Waals surface area contributed by atoms with E-state index in [1.807, 2.05) is 4.90 Å². The van der Waals surface area contributed by atoms with Crippen molar-refractivity contribution >= 4 is 24.8 Å². The molecule has 2 saturated heterocycles. The average Bonchev–Trinajstić information content (AvgIpc) is 3.62. The van der Waals surface area contributed by atoms with E-state index in [1.165, 1.54) is 6.42 Å². The quantitative estimate of drug-likeness (QED) is 0.0869. The Morgan fingerprint density at radius 1 is 0.955 bits per heavy atom. The fourth-order valence-electron chi connectivity index (χ4n) is 8.00. The van der Waals surface area contributed by atoms with Crippen molar-refractivity contribution in [2.24, 2.45) is 34.6 Å². The molecule has 8 N–H and O–H groups in total. The Morgan fingerprint density at radius 3 is 2.36 bits per heavy atom. The van der Waals surface area contributed by atoms with Crippen molar-refractivity contribution in [3.8, 4) is 0 Å². The molecule has 5 rings (SSSR count). The molecule has 5 unspecified atom stereocenters. The van der Waals surface area contributed by atoms with Gasteiger partial charge in [-0.05, 0) is 81.7 Å². The second-order valence-corrected chi connectivity index (χ2v) is 14.1. The molecule has 44 heavy (non-hydrogen) atoms. The van der Waals surface area contributed by atoms with Crippen LogP contribution in [0.2, 0.25) is 0 Å². The van der Waals surface area contributed by atoms with Crippen LogP contribution in [0, 0.1) is 23.2 Å². The van der Waals surface area contributed by atoms with Crippen LogP contribution in [0.3, 0.4) is 0 Å². The van der Waals surface area contributed by atoms with Crippen LogP contribution in [-0.4, -0.2) is 106 Å². The van der Waals surface area contributed by atoms with Crippen LogP contribution in [0.5, 0.6) is 0 Å². The first kappa shape index (κ1) is 35.1. The van der Waals surface area contributed by atoms with E-state index in [2.05, 4.69) is 42.0 Å². The summed E-state index contributed by atoms with van der Waals surface area (Å²) in [5, 5.41) is 12.4. The Bertz CT molecular complexity index is 964. The Balaban J connectivity index is 1.08. The third-order valence-corrected chi connectivity index (χ3v) is 10.7. The molecule has 0 aromatic carbocycles. The molecule has 0 radical (unpaired) electrons. The molecule has 3 amide bonds. The summed E-state index contributed by atoms with van der Waals surface area (Å²) in [6.07, 6.45) is 7.23. The molecule has 2 bridgehead atoms. The fourth-order valence-corrected chi connectivity index (χ4v) is 8.00. The molecule has 12 nitrogen and oxygen atoms in total. The summed E-state index contributed by atoms with van der Waals surface area (Å²) in [6, 6.07) is 0. The van der Waals surface area contributed by atoms with E-state index >= 15 is 0 Å². The van der Waals surface area contributed by atoms with E-state index < -0.39 is 7.12 Å². The number of rotatable bonds is 19. The third-order valence-electron chi connectivity index (χ3n) is 10.7. The van der Waals surface area contributed by atoms with Crippen molar-refractivity contribution in [2.45, 2.75) is 96.2 Å². The number of unbranched alkanes of at least 4 members (excludes halogenated alkanes) is 2. The molecular weight excluding hydrogens is 561 g/mol. The zero-order valence-corrected chi connectivity index (χ0v) is 27.3. The van der Waals surface area contributed by atoms with Gasteiger partial charge in [0.15, 0.2) is 0 Å². The second kappa shape index (κ2) is 16.2. The van der Waals surface area contributed by atoms with Gasteiger partial charge in [0.1, 0.15) is 0 Å². The number of carbonyl (C=O) groups excluding carboxylic acids is 3. The molecule has 3 aliphatic carbocycles. The van der Waals surface area contributed by atoms with Gasteiger partial charge in [0, 0.05) is 52.1 Å². The van der Waals surface area contributed by atoms with E-state index in [4.69, 9.17) is 20.8 Å². The molecule has 2 aliphatic heterocycles.